The lowest BCUT2D eigenvalue weighted by molar-refractivity contribution is -0.139. The quantitative estimate of drug-likeness (QED) is 0.230. The Bertz CT molecular complexity index is 1410. The second-order valence-electron chi connectivity index (χ2n) is 9.66. The van der Waals surface area contributed by atoms with Gasteiger partial charge >= 0.3 is 6.18 Å². The van der Waals surface area contributed by atoms with E-state index < -0.39 is 24.9 Å². The van der Waals surface area contributed by atoms with E-state index in [1.165, 1.54) is 30.9 Å². The van der Waals surface area contributed by atoms with Gasteiger partial charge in [-0.2, -0.15) is 13.2 Å². The maximum Gasteiger partial charge on any atom is 0.406 e. The van der Waals surface area contributed by atoms with Crippen molar-refractivity contribution in [3.05, 3.63) is 52.5 Å². The molecule has 1 fully saturated rings. The zero-order chi connectivity index (χ0) is 30.9. The molecule has 4 aromatic rings. The van der Waals surface area contributed by atoms with Crippen LogP contribution in [0.5, 0.6) is 0 Å². The predicted molar refractivity (Wildman–Crippen MR) is 157 cm³/mol. The van der Waals surface area contributed by atoms with E-state index in [9.17, 15) is 22.4 Å². The lowest BCUT2D eigenvalue weighted by Gasteiger charge is -2.33. The van der Waals surface area contributed by atoms with E-state index >= 15 is 0 Å². The summed E-state index contributed by atoms with van der Waals surface area (Å²) in [5, 5.41) is 15.9. The topological polar surface area (TPSA) is 114 Å². The average Bonchev–Trinajstić information content (AvgIpc) is 3.71. The first-order valence-electron chi connectivity index (χ1n) is 13.6. The van der Waals surface area contributed by atoms with Gasteiger partial charge in [-0.25, -0.2) is 4.39 Å². The number of carbonyl (C=O) groups is 1. The molecule has 0 radical (unpaired) electrons. The SMILES string of the molecule is CCC.CN.CN1CCC(Nc2cccc3c2cc(-c2nnc(CNC(=O)c4cccs4)o2)n3CC(F)(F)F)C(F)C1. The molecule has 2 unspecified atom stereocenters. The third-order valence-electron chi connectivity index (χ3n) is 6.20. The summed E-state index contributed by atoms with van der Waals surface area (Å²) in [6, 6.07) is 9.39. The second-order valence-corrected chi connectivity index (χ2v) is 10.6. The van der Waals surface area contributed by atoms with Crippen LogP contribution >= 0.6 is 11.3 Å². The van der Waals surface area contributed by atoms with Crippen molar-refractivity contribution in [1.82, 2.24) is 25.0 Å². The normalized spacial score (nSPS) is 17.2. The lowest BCUT2D eigenvalue weighted by atomic mass is 10.0. The van der Waals surface area contributed by atoms with Crippen LogP contribution in [-0.2, 0) is 13.1 Å². The number of nitrogens with two attached hydrogens (primary N) is 1. The van der Waals surface area contributed by atoms with Gasteiger partial charge in [-0.1, -0.05) is 32.4 Å². The van der Waals surface area contributed by atoms with Crippen LogP contribution in [0.1, 0.15) is 42.3 Å². The number of nitrogens with zero attached hydrogens (tertiary/aromatic N) is 4. The molecule has 5 rings (SSSR count). The maximum atomic E-state index is 14.7. The van der Waals surface area contributed by atoms with Crippen LogP contribution in [0.4, 0.5) is 23.2 Å². The fourth-order valence-electron chi connectivity index (χ4n) is 4.44. The van der Waals surface area contributed by atoms with Crippen molar-refractivity contribution in [2.45, 2.75) is 58.2 Å². The molecule has 4 heterocycles. The number of halogens is 4. The fraction of sp³-hybridized carbons (Fsp3) is 0.464. The van der Waals surface area contributed by atoms with E-state index in [-0.39, 0.29) is 36.5 Å². The number of thiophene rings is 1. The first kappa shape index (κ1) is 33.0. The predicted octanol–water partition coefficient (Wildman–Crippen LogP) is 5.69. The molecule has 42 heavy (non-hydrogen) atoms. The number of anilines is 1. The van der Waals surface area contributed by atoms with Crippen molar-refractivity contribution in [2.75, 3.05) is 32.5 Å². The monoisotopic (exact) mass is 611 g/mol. The van der Waals surface area contributed by atoms with Crippen molar-refractivity contribution in [1.29, 1.82) is 0 Å². The highest BCUT2D eigenvalue weighted by molar-refractivity contribution is 7.12. The van der Waals surface area contributed by atoms with Gasteiger partial charge in [-0.3, -0.25) is 4.79 Å². The van der Waals surface area contributed by atoms with Crippen molar-refractivity contribution in [3.63, 3.8) is 0 Å². The number of hydrogen-bond donors (Lipinski definition) is 3. The van der Waals surface area contributed by atoms with E-state index in [4.69, 9.17) is 4.42 Å². The Morgan fingerprint density at radius 3 is 2.57 bits per heavy atom. The van der Waals surface area contributed by atoms with Gasteiger partial charge in [-0.15, -0.1) is 21.5 Å². The van der Waals surface area contributed by atoms with Gasteiger partial charge in [0.25, 0.3) is 11.8 Å². The molecule has 4 N–H and O–H groups in total. The molecule has 14 heteroatoms. The van der Waals surface area contributed by atoms with Crippen LogP contribution in [0, 0.1) is 0 Å². The Balaban J connectivity index is 0.000000910. The third-order valence-corrected chi connectivity index (χ3v) is 7.07. The van der Waals surface area contributed by atoms with E-state index in [0.29, 0.717) is 34.4 Å². The van der Waals surface area contributed by atoms with Crippen molar-refractivity contribution in [2.24, 2.45) is 5.73 Å². The molecular formula is C28H37F4N7O2S. The summed E-state index contributed by atoms with van der Waals surface area (Å²) in [5.74, 6) is -0.389. The highest BCUT2D eigenvalue weighted by Crippen LogP contribution is 2.35. The summed E-state index contributed by atoms with van der Waals surface area (Å²) in [4.78, 5) is 14.6. The zero-order valence-corrected chi connectivity index (χ0v) is 24.9. The summed E-state index contributed by atoms with van der Waals surface area (Å²) in [5.41, 5.74) is 5.40. The van der Waals surface area contributed by atoms with E-state index in [1.54, 1.807) is 35.7 Å². The molecule has 0 aliphatic carbocycles. The third kappa shape index (κ3) is 8.52. The van der Waals surface area contributed by atoms with Crippen LogP contribution < -0.4 is 16.4 Å². The molecule has 1 aliphatic heterocycles. The van der Waals surface area contributed by atoms with Crippen molar-refractivity contribution >= 4 is 33.8 Å². The van der Waals surface area contributed by atoms with Crippen LogP contribution in [0.15, 0.2) is 46.2 Å². The number of likely N-dealkylation sites (tertiary alicyclic amines) is 1. The molecule has 1 aliphatic rings. The van der Waals surface area contributed by atoms with Gasteiger partial charge in [-0.05, 0) is 50.2 Å². The molecule has 230 valence electrons. The molecule has 9 nitrogen and oxygen atoms in total. The van der Waals surface area contributed by atoms with E-state index in [1.807, 2.05) is 11.9 Å². The van der Waals surface area contributed by atoms with Crippen LogP contribution in [0.2, 0.25) is 0 Å². The average molecular weight is 612 g/mol. The van der Waals surface area contributed by atoms with Crippen LogP contribution in [-0.4, -0.2) is 71.1 Å². The van der Waals surface area contributed by atoms with E-state index in [0.717, 1.165) is 4.57 Å². The molecule has 1 amide bonds. The highest BCUT2D eigenvalue weighted by atomic mass is 32.1. The summed E-state index contributed by atoms with van der Waals surface area (Å²) < 4.78 is 62.0. The fourth-order valence-corrected chi connectivity index (χ4v) is 5.08. The minimum atomic E-state index is -4.51. The maximum absolute atomic E-state index is 14.7. The van der Waals surface area contributed by atoms with Gasteiger partial charge in [0.05, 0.1) is 23.0 Å². The van der Waals surface area contributed by atoms with Gasteiger partial charge in [0, 0.05) is 24.2 Å². The Morgan fingerprint density at radius 2 is 1.93 bits per heavy atom. The number of amides is 1. The Kier molecular flexibility index (Phi) is 11.9. The number of nitrogens with one attached hydrogen (secondary N) is 2. The van der Waals surface area contributed by atoms with Gasteiger partial charge in [0.15, 0.2) is 0 Å². The van der Waals surface area contributed by atoms with Crippen molar-refractivity contribution in [3.8, 4) is 11.6 Å². The van der Waals surface area contributed by atoms with Crippen LogP contribution in [0.3, 0.4) is 0 Å². The van der Waals surface area contributed by atoms with Crippen molar-refractivity contribution < 1.29 is 26.8 Å². The van der Waals surface area contributed by atoms with Gasteiger partial charge in [0.1, 0.15) is 18.4 Å². The summed E-state index contributed by atoms with van der Waals surface area (Å²) in [7, 11) is 3.35. The first-order chi connectivity index (χ1) is 20.1. The molecule has 1 saturated heterocycles. The number of fused-ring (bicyclic) bond motifs is 1. The number of hydrogen-bond acceptors (Lipinski definition) is 8. The largest absolute Gasteiger partial charge is 0.417 e. The standard InChI is InChI=1S/C24H24F4N6O2S.C3H8.CH5N/c1-33-8-7-17(15(25)12-33)30-16-4-2-5-18-14(16)10-19(34(18)13-24(26,27)28)23-32-31-21(36-23)11-29-22(35)20-6-3-9-37-20;1-3-2;1-2/h2-6,9-10,15,17,30H,7-8,11-13H2,1H3,(H,29,35);3H2,1-2H3;2H2,1H3. The molecule has 0 saturated carbocycles. The minimum absolute atomic E-state index is 0.0497. The number of benzene rings is 1. The number of carbonyl (C=O) groups excluding carboxylic acids is 1. The smallest absolute Gasteiger partial charge is 0.406 e. The minimum Gasteiger partial charge on any atom is -0.417 e. The molecule has 2 atom stereocenters. The zero-order valence-electron chi connectivity index (χ0n) is 24.0. The Morgan fingerprint density at radius 1 is 1.19 bits per heavy atom. The molecule has 3 aromatic heterocycles. The number of rotatable bonds is 7. The molecular weight excluding hydrogens is 574 g/mol. The highest BCUT2D eigenvalue weighted by Gasteiger charge is 2.32. The molecule has 1 aromatic carbocycles. The van der Waals surface area contributed by atoms with Crippen LogP contribution in [0.25, 0.3) is 22.5 Å². The van der Waals surface area contributed by atoms with E-state index in [2.05, 4.69) is 40.4 Å². The molecule has 0 spiro atoms. The van der Waals surface area contributed by atoms with Gasteiger partial charge < -0.3 is 30.3 Å². The number of alkyl halides is 4. The second kappa shape index (κ2) is 15.1. The summed E-state index contributed by atoms with van der Waals surface area (Å²) in [6.45, 7) is 3.88. The summed E-state index contributed by atoms with van der Waals surface area (Å²) >= 11 is 1.27. The van der Waals surface area contributed by atoms with Gasteiger partial charge in [0.2, 0.25) is 5.89 Å². The Hall–Kier alpha value is -3.49. The summed E-state index contributed by atoms with van der Waals surface area (Å²) in [6.07, 6.45) is -3.82. The molecule has 0 bridgehead atoms. The number of piperidine rings is 1. The number of aromatic nitrogens is 3. The first-order valence-corrected chi connectivity index (χ1v) is 14.5. The Labute approximate surface area is 246 Å². The lowest BCUT2D eigenvalue weighted by Crippen LogP contribution is -2.46.